The predicted molar refractivity (Wildman–Crippen MR) is 143 cm³/mol. The smallest absolute Gasteiger partial charge is 0.407 e. The minimum atomic E-state index is -1.85. The van der Waals surface area contributed by atoms with Crippen molar-refractivity contribution >= 4 is 23.9 Å². The van der Waals surface area contributed by atoms with Crippen LogP contribution in [-0.2, 0) is 19.1 Å². The Labute approximate surface area is 227 Å². The molecule has 3 rings (SSSR count). The first-order valence-electron chi connectivity index (χ1n) is 13.3. The number of alkyl carbamates (subject to hydrolysis) is 1. The average molecular weight is 541 g/mol. The van der Waals surface area contributed by atoms with Crippen molar-refractivity contribution in [3.8, 4) is 11.1 Å². The number of fused-ring (bicyclic) bond motifs is 3. The Bertz CT molecular complexity index is 1120. The van der Waals surface area contributed by atoms with Gasteiger partial charge in [0.1, 0.15) is 12.6 Å². The number of aliphatic carboxylic acids is 1. The van der Waals surface area contributed by atoms with E-state index in [0.29, 0.717) is 11.3 Å². The first-order valence-corrected chi connectivity index (χ1v) is 13.3. The molecule has 0 saturated carbocycles. The Morgan fingerprint density at radius 1 is 0.897 bits per heavy atom. The number of benzene rings is 2. The number of nitrogens with one attached hydrogen (secondary N) is 1. The summed E-state index contributed by atoms with van der Waals surface area (Å²) in [5.74, 6) is -3.75. The van der Waals surface area contributed by atoms with Crippen LogP contribution in [0.2, 0.25) is 0 Å². The summed E-state index contributed by atoms with van der Waals surface area (Å²) in [6.07, 6.45) is 2.92. The van der Waals surface area contributed by atoms with Gasteiger partial charge in [0, 0.05) is 12.3 Å². The average Bonchev–Trinajstić information content (AvgIpc) is 3.26. The standard InChI is InChI=1S/C29H36N2O8/c1-2-3-4-5-6-15-26(34)31(25(17-33)28(36)37)27(35)24(16-32)30-29(38)39-18-23-21-13-9-7-11-19(21)20-12-8-10-14-22(20)23/h7-14,23-25,32-33H,2-6,15-18H2,1H3,(H,30,38)(H,36,37)/t24-,25-/m0/s1. The number of hydrogen-bond donors (Lipinski definition) is 4. The number of amides is 3. The fraction of sp³-hybridized carbons (Fsp3) is 0.448. The molecule has 210 valence electrons. The molecule has 2 aromatic rings. The van der Waals surface area contributed by atoms with Crippen molar-refractivity contribution in [1.29, 1.82) is 0 Å². The van der Waals surface area contributed by atoms with Crippen molar-refractivity contribution in [3.63, 3.8) is 0 Å². The molecule has 39 heavy (non-hydrogen) atoms. The summed E-state index contributed by atoms with van der Waals surface area (Å²) >= 11 is 0. The Kier molecular flexibility index (Phi) is 11.0. The van der Waals surface area contributed by atoms with E-state index in [9.17, 15) is 34.5 Å². The lowest BCUT2D eigenvalue weighted by atomic mass is 9.98. The number of carboxylic acids is 1. The van der Waals surface area contributed by atoms with Gasteiger partial charge in [0.15, 0.2) is 6.04 Å². The highest BCUT2D eigenvalue weighted by atomic mass is 16.5. The van der Waals surface area contributed by atoms with Crippen LogP contribution in [-0.4, -0.2) is 76.0 Å². The summed E-state index contributed by atoms with van der Waals surface area (Å²) in [5.41, 5.74) is 4.06. The van der Waals surface area contributed by atoms with E-state index < -0.39 is 49.2 Å². The number of nitrogens with zero attached hydrogens (tertiary/aromatic N) is 1. The third kappa shape index (κ3) is 7.21. The molecule has 3 amide bonds. The SMILES string of the molecule is CCCCCCCC(=O)N(C(=O)[C@H](CO)NC(=O)OCC1c2ccccc2-c2ccccc21)[C@@H](CO)C(=O)O. The second-order valence-corrected chi connectivity index (χ2v) is 9.51. The van der Waals surface area contributed by atoms with Gasteiger partial charge < -0.3 is 25.4 Å². The molecule has 1 aliphatic carbocycles. The van der Waals surface area contributed by atoms with Crippen LogP contribution in [0.4, 0.5) is 4.79 Å². The minimum Gasteiger partial charge on any atom is -0.480 e. The lowest BCUT2D eigenvalue weighted by Gasteiger charge is -2.29. The van der Waals surface area contributed by atoms with E-state index in [2.05, 4.69) is 5.32 Å². The number of aliphatic hydroxyl groups is 2. The maximum Gasteiger partial charge on any atom is 0.407 e. The highest BCUT2D eigenvalue weighted by Gasteiger charge is 2.38. The van der Waals surface area contributed by atoms with Crippen molar-refractivity contribution in [2.45, 2.75) is 63.5 Å². The second kappa shape index (κ2) is 14.4. The maximum absolute atomic E-state index is 13.2. The zero-order valence-electron chi connectivity index (χ0n) is 22.0. The Balaban J connectivity index is 1.67. The molecule has 2 atom stereocenters. The third-order valence-electron chi connectivity index (χ3n) is 6.89. The van der Waals surface area contributed by atoms with E-state index in [1.54, 1.807) is 0 Å². The third-order valence-corrected chi connectivity index (χ3v) is 6.89. The molecule has 0 radical (unpaired) electrons. The summed E-state index contributed by atoms with van der Waals surface area (Å²) < 4.78 is 5.42. The summed E-state index contributed by atoms with van der Waals surface area (Å²) in [6.45, 7) is 0.0939. The number of hydrogen-bond acceptors (Lipinski definition) is 7. The largest absolute Gasteiger partial charge is 0.480 e. The summed E-state index contributed by atoms with van der Waals surface area (Å²) in [5, 5.41) is 31.2. The molecule has 0 fully saturated rings. The van der Waals surface area contributed by atoms with E-state index >= 15 is 0 Å². The van der Waals surface area contributed by atoms with Gasteiger partial charge in [0.2, 0.25) is 5.91 Å². The molecule has 0 bridgehead atoms. The minimum absolute atomic E-state index is 0.0407. The lowest BCUT2D eigenvalue weighted by molar-refractivity contribution is -0.161. The number of rotatable bonds is 14. The predicted octanol–water partition coefficient (Wildman–Crippen LogP) is 3.05. The topological polar surface area (TPSA) is 153 Å². The molecule has 1 aliphatic rings. The van der Waals surface area contributed by atoms with Crippen molar-refractivity contribution < 1.29 is 39.2 Å². The number of imide groups is 1. The highest BCUT2D eigenvalue weighted by Crippen LogP contribution is 2.44. The van der Waals surface area contributed by atoms with E-state index in [1.165, 1.54) is 0 Å². The number of carbonyl (C=O) groups excluding carboxylic acids is 3. The number of unbranched alkanes of at least 4 members (excludes halogenated alkanes) is 4. The molecule has 0 spiro atoms. The van der Waals surface area contributed by atoms with Crippen molar-refractivity contribution in [2.75, 3.05) is 19.8 Å². The molecular weight excluding hydrogens is 504 g/mol. The van der Waals surface area contributed by atoms with E-state index in [0.717, 1.165) is 47.9 Å². The zero-order valence-corrected chi connectivity index (χ0v) is 22.0. The first kappa shape index (κ1) is 29.8. The van der Waals surface area contributed by atoms with Crippen LogP contribution >= 0.6 is 0 Å². The monoisotopic (exact) mass is 540 g/mol. The molecule has 4 N–H and O–H groups in total. The molecule has 0 heterocycles. The number of carboxylic acid groups (broad SMARTS) is 1. The van der Waals surface area contributed by atoms with Crippen LogP contribution in [0, 0.1) is 0 Å². The van der Waals surface area contributed by atoms with Gasteiger partial charge in [-0.2, -0.15) is 0 Å². The van der Waals surface area contributed by atoms with Crippen LogP contribution in [0.25, 0.3) is 11.1 Å². The van der Waals surface area contributed by atoms with Crippen LogP contribution in [0.3, 0.4) is 0 Å². The van der Waals surface area contributed by atoms with E-state index in [1.807, 2.05) is 55.5 Å². The van der Waals surface area contributed by atoms with Gasteiger partial charge in [-0.25, -0.2) is 9.59 Å². The number of aliphatic hydroxyl groups excluding tert-OH is 2. The number of ether oxygens (including phenoxy) is 1. The quantitative estimate of drug-likeness (QED) is 0.267. The molecule has 0 unspecified atom stereocenters. The summed E-state index contributed by atoms with van der Waals surface area (Å²) in [6, 6.07) is 12.0. The van der Waals surface area contributed by atoms with Gasteiger partial charge in [0.25, 0.3) is 5.91 Å². The Hall–Kier alpha value is -3.76. The lowest BCUT2D eigenvalue weighted by Crippen LogP contribution is -2.58. The van der Waals surface area contributed by atoms with E-state index in [4.69, 9.17) is 4.74 Å². The van der Waals surface area contributed by atoms with Crippen LogP contribution in [0.1, 0.15) is 62.5 Å². The van der Waals surface area contributed by atoms with Gasteiger partial charge in [-0.05, 0) is 28.7 Å². The van der Waals surface area contributed by atoms with Crippen molar-refractivity contribution in [2.24, 2.45) is 0 Å². The van der Waals surface area contributed by atoms with Crippen molar-refractivity contribution in [1.82, 2.24) is 10.2 Å². The maximum atomic E-state index is 13.2. The van der Waals surface area contributed by atoms with Crippen LogP contribution in [0.15, 0.2) is 48.5 Å². The van der Waals surface area contributed by atoms with Crippen LogP contribution < -0.4 is 5.32 Å². The fourth-order valence-corrected chi connectivity index (χ4v) is 4.86. The molecule has 0 aliphatic heterocycles. The molecule has 0 aromatic heterocycles. The van der Waals surface area contributed by atoms with Gasteiger partial charge >= 0.3 is 12.1 Å². The van der Waals surface area contributed by atoms with Crippen LogP contribution in [0.5, 0.6) is 0 Å². The van der Waals surface area contributed by atoms with Gasteiger partial charge in [-0.15, -0.1) is 0 Å². The Morgan fingerprint density at radius 2 is 1.49 bits per heavy atom. The highest BCUT2D eigenvalue weighted by molar-refractivity contribution is 6.02. The molecule has 10 heteroatoms. The Morgan fingerprint density at radius 3 is 2.03 bits per heavy atom. The van der Waals surface area contributed by atoms with Gasteiger partial charge in [-0.1, -0.05) is 81.1 Å². The molecule has 0 saturated heterocycles. The number of carbonyl (C=O) groups is 4. The molecular formula is C29H36N2O8. The first-order chi connectivity index (χ1) is 18.8. The van der Waals surface area contributed by atoms with Gasteiger partial charge in [0.05, 0.1) is 13.2 Å². The van der Waals surface area contributed by atoms with Crippen molar-refractivity contribution in [3.05, 3.63) is 59.7 Å². The van der Waals surface area contributed by atoms with E-state index in [-0.39, 0.29) is 18.9 Å². The molecule has 2 aromatic carbocycles. The zero-order chi connectivity index (χ0) is 28.4. The fourth-order valence-electron chi connectivity index (χ4n) is 4.86. The summed E-state index contributed by atoms with van der Waals surface area (Å²) in [7, 11) is 0. The van der Waals surface area contributed by atoms with Gasteiger partial charge in [-0.3, -0.25) is 14.5 Å². The molecule has 10 nitrogen and oxygen atoms in total. The normalized spacial score (nSPS) is 13.6. The summed E-state index contributed by atoms with van der Waals surface area (Å²) in [4.78, 5) is 50.8. The second-order valence-electron chi connectivity index (χ2n) is 9.51.